The highest BCUT2D eigenvalue weighted by Gasteiger charge is 2.34. The van der Waals surface area contributed by atoms with Gasteiger partial charge in [-0.2, -0.15) is 13.2 Å². The third-order valence-electron chi connectivity index (χ3n) is 4.30. The van der Waals surface area contributed by atoms with Crippen LogP contribution in [0.3, 0.4) is 0 Å². The lowest BCUT2D eigenvalue weighted by Crippen LogP contribution is -2.27. The fraction of sp³-hybridized carbons (Fsp3) is 0.429. The molecule has 1 aromatic rings. The maximum absolute atomic E-state index is 13.2. The van der Waals surface area contributed by atoms with Crippen LogP contribution in [0.15, 0.2) is 51.4 Å². The first-order valence-electron chi connectivity index (χ1n) is 8.89. The molecule has 1 aliphatic rings. The van der Waals surface area contributed by atoms with Gasteiger partial charge in [-0.15, -0.1) is 6.42 Å². The number of fused-ring (bicyclic) bond motifs is 1. The molecule has 0 aliphatic carbocycles. The number of rotatable bonds is 7. The van der Waals surface area contributed by atoms with Crippen molar-refractivity contribution < 1.29 is 13.2 Å². The van der Waals surface area contributed by atoms with E-state index in [2.05, 4.69) is 4.90 Å². The highest BCUT2D eigenvalue weighted by Crippen LogP contribution is 2.44. The molecular weight excluding hydrogens is 369 g/mol. The number of thioether (sulfide) groups is 1. The Labute approximate surface area is 164 Å². The van der Waals surface area contributed by atoms with Gasteiger partial charge >= 0.3 is 6.18 Å². The van der Waals surface area contributed by atoms with Crippen molar-refractivity contribution in [3.05, 3.63) is 46.5 Å². The van der Waals surface area contributed by atoms with Crippen molar-refractivity contribution in [2.75, 3.05) is 32.1 Å². The van der Waals surface area contributed by atoms with E-state index < -0.39 is 11.7 Å². The summed E-state index contributed by atoms with van der Waals surface area (Å²) in [5, 5.41) is 0. The van der Waals surface area contributed by atoms with Crippen LogP contribution in [0.1, 0.15) is 26.2 Å². The SMILES string of the molecule is C#CC(=CC1=C(C)Sc2ccccc2N1CCCCCN(C)C)C(F)(F)F. The number of para-hydroxylation sites is 1. The zero-order chi connectivity index (χ0) is 20.0. The number of hydrogen-bond donors (Lipinski definition) is 0. The van der Waals surface area contributed by atoms with Gasteiger partial charge in [0, 0.05) is 16.3 Å². The van der Waals surface area contributed by atoms with Crippen molar-refractivity contribution in [3.8, 4) is 12.3 Å². The normalized spacial score (nSPS) is 15.2. The minimum Gasteiger partial charge on any atom is -0.340 e. The molecule has 2 nitrogen and oxygen atoms in total. The Morgan fingerprint density at radius 1 is 1.22 bits per heavy atom. The van der Waals surface area contributed by atoms with Gasteiger partial charge in [0.1, 0.15) is 5.57 Å². The summed E-state index contributed by atoms with van der Waals surface area (Å²) in [4.78, 5) is 5.97. The van der Waals surface area contributed by atoms with Crippen LogP contribution in [0.4, 0.5) is 18.9 Å². The summed E-state index contributed by atoms with van der Waals surface area (Å²) in [5.74, 6) is 1.80. The summed E-state index contributed by atoms with van der Waals surface area (Å²) in [6, 6.07) is 7.80. The lowest BCUT2D eigenvalue weighted by atomic mass is 10.1. The zero-order valence-electron chi connectivity index (χ0n) is 15.9. The topological polar surface area (TPSA) is 6.48 Å². The number of alkyl halides is 3. The van der Waals surface area contributed by atoms with E-state index in [4.69, 9.17) is 6.42 Å². The average molecular weight is 395 g/mol. The maximum atomic E-state index is 13.2. The van der Waals surface area contributed by atoms with Crippen molar-refractivity contribution >= 4 is 17.4 Å². The minimum absolute atomic E-state index is 0.539. The van der Waals surface area contributed by atoms with E-state index in [0.717, 1.165) is 47.4 Å². The number of anilines is 1. The standard InChI is InChI=1S/C21H25F3N2S/c1-5-17(21(22,23)24)15-19-16(2)27-20-12-8-7-11-18(20)26(19)14-10-6-9-13-25(3)4/h1,7-8,11-12,15H,6,9-10,13-14H2,2-4H3. The van der Waals surface area contributed by atoms with Gasteiger partial charge in [0.2, 0.25) is 0 Å². The number of allylic oxidation sites excluding steroid dienone is 3. The van der Waals surface area contributed by atoms with Crippen molar-refractivity contribution in [1.29, 1.82) is 0 Å². The second-order valence-electron chi connectivity index (χ2n) is 6.73. The van der Waals surface area contributed by atoms with E-state index in [1.54, 1.807) is 5.92 Å². The smallest absolute Gasteiger partial charge is 0.340 e. The molecule has 1 aliphatic heterocycles. The Morgan fingerprint density at radius 2 is 1.93 bits per heavy atom. The molecule has 0 saturated heterocycles. The van der Waals surface area contributed by atoms with Gasteiger partial charge in [0.05, 0.1) is 11.4 Å². The largest absolute Gasteiger partial charge is 0.424 e. The fourth-order valence-electron chi connectivity index (χ4n) is 2.94. The fourth-order valence-corrected chi connectivity index (χ4v) is 3.97. The molecule has 0 radical (unpaired) electrons. The third kappa shape index (κ3) is 5.82. The molecule has 0 bridgehead atoms. The molecule has 0 saturated carbocycles. The summed E-state index contributed by atoms with van der Waals surface area (Å²) in [6.45, 7) is 3.50. The summed E-state index contributed by atoms with van der Waals surface area (Å²) in [7, 11) is 4.07. The summed E-state index contributed by atoms with van der Waals surface area (Å²) >= 11 is 1.49. The summed E-state index contributed by atoms with van der Waals surface area (Å²) in [6.07, 6.45) is 4.69. The quantitative estimate of drug-likeness (QED) is 0.434. The van der Waals surface area contributed by atoms with Crippen LogP contribution >= 0.6 is 11.8 Å². The van der Waals surface area contributed by atoms with Crippen LogP contribution in [0, 0.1) is 12.3 Å². The van der Waals surface area contributed by atoms with E-state index >= 15 is 0 Å². The molecule has 0 spiro atoms. The first kappa shape index (κ1) is 21.5. The molecule has 0 unspecified atom stereocenters. The van der Waals surface area contributed by atoms with Gasteiger partial charge in [-0.3, -0.25) is 0 Å². The Bertz CT molecular complexity index is 757. The van der Waals surface area contributed by atoms with E-state index in [-0.39, 0.29) is 0 Å². The molecular formula is C21H25F3N2S. The van der Waals surface area contributed by atoms with E-state index in [1.165, 1.54) is 11.8 Å². The Hall–Kier alpha value is -1.84. The first-order valence-corrected chi connectivity index (χ1v) is 9.71. The lowest BCUT2D eigenvalue weighted by molar-refractivity contribution is -0.0872. The molecule has 0 atom stereocenters. The monoisotopic (exact) mass is 394 g/mol. The molecule has 1 aromatic carbocycles. The number of benzene rings is 1. The van der Waals surface area contributed by atoms with Crippen LogP contribution in [0.2, 0.25) is 0 Å². The molecule has 2 rings (SSSR count). The van der Waals surface area contributed by atoms with Crippen molar-refractivity contribution in [3.63, 3.8) is 0 Å². The van der Waals surface area contributed by atoms with Gasteiger partial charge in [-0.25, -0.2) is 0 Å². The van der Waals surface area contributed by atoms with E-state index in [0.29, 0.717) is 12.2 Å². The lowest BCUT2D eigenvalue weighted by Gasteiger charge is -2.33. The van der Waals surface area contributed by atoms with Gasteiger partial charge in [-0.05, 0) is 58.6 Å². The van der Waals surface area contributed by atoms with Crippen LogP contribution in [0.5, 0.6) is 0 Å². The molecule has 6 heteroatoms. The molecule has 0 aromatic heterocycles. The van der Waals surface area contributed by atoms with Crippen LogP contribution < -0.4 is 4.90 Å². The molecule has 27 heavy (non-hydrogen) atoms. The number of halogens is 3. The second-order valence-corrected chi connectivity index (χ2v) is 7.98. The van der Waals surface area contributed by atoms with Crippen molar-refractivity contribution in [1.82, 2.24) is 4.90 Å². The van der Waals surface area contributed by atoms with Crippen molar-refractivity contribution in [2.24, 2.45) is 0 Å². The van der Waals surface area contributed by atoms with Crippen LogP contribution in [0.25, 0.3) is 0 Å². The number of unbranched alkanes of at least 4 members (excludes halogenated alkanes) is 2. The van der Waals surface area contributed by atoms with Gasteiger partial charge in [-0.1, -0.05) is 36.2 Å². The summed E-state index contributed by atoms with van der Waals surface area (Å²) in [5.41, 5.74) is 0.525. The number of terminal acetylenes is 1. The summed E-state index contributed by atoms with van der Waals surface area (Å²) < 4.78 is 39.6. The van der Waals surface area contributed by atoms with Gasteiger partial charge in [0.25, 0.3) is 0 Å². The van der Waals surface area contributed by atoms with Crippen molar-refractivity contribution in [2.45, 2.75) is 37.3 Å². The Kier molecular flexibility index (Phi) is 7.46. The highest BCUT2D eigenvalue weighted by atomic mass is 32.2. The average Bonchev–Trinajstić information content (AvgIpc) is 2.59. The predicted octanol–water partition coefficient (Wildman–Crippen LogP) is 5.68. The highest BCUT2D eigenvalue weighted by molar-refractivity contribution is 8.03. The van der Waals surface area contributed by atoms with Gasteiger partial charge < -0.3 is 9.80 Å². The Balaban J connectivity index is 2.29. The van der Waals surface area contributed by atoms with E-state index in [1.807, 2.05) is 50.2 Å². The minimum atomic E-state index is -4.53. The number of hydrogen-bond acceptors (Lipinski definition) is 3. The maximum Gasteiger partial charge on any atom is 0.424 e. The molecule has 0 amide bonds. The molecule has 0 N–H and O–H groups in total. The predicted molar refractivity (Wildman–Crippen MR) is 108 cm³/mol. The zero-order valence-corrected chi connectivity index (χ0v) is 16.8. The third-order valence-corrected chi connectivity index (χ3v) is 5.38. The second kappa shape index (κ2) is 9.38. The van der Waals surface area contributed by atoms with Crippen LogP contribution in [-0.2, 0) is 0 Å². The molecule has 0 fully saturated rings. The Morgan fingerprint density at radius 3 is 2.56 bits per heavy atom. The first-order chi connectivity index (χ1) is 12.7. The number of nitrogens with zero attached hydrogens (tertiary/aromatic N) is 2. The van der Waals surface area contributed by atoms with Crippen LogP contribution in [-0.4, -0.2) is 38.3 Å². The van der Waals surface area contributed by atoms with E-state index in [9.17, 15) is 13.2 Å². The molecule has 146 valence electrons. The van der Waals surface area contributed by atoms with Gasteiger partial charge in [0.15, 0.2) is 0 Å². The molecule has 1 heterocycles.